The first-order chi connectivity index (χ1) is 15.1. The Morgan fingerprint density at radius 2 is 1.39 bits per heavy atom. The van der Waals surface area contributed by atoms with Gasteiger partial charge in [0.2, 0.25) is 0 Å². The zero-order chi connectivity index (χ0) is 25.6. The molecular weight excluding hydrogens is 536 g/mol. The Kier molecular flexibility index (Phi) is 10.2. The van der Waals surface area contributed by atoms with Crippen LogP contribution in [0, 0.1) is 0 Å². The van der Waals surface area contributed by atoms with Gasteiger partial charge in [0.1, 0.15) is 12.7 Å². The first kappa shape index (κ1) is 28.8. The maximum absolute atomic E-state index is 13.2. The largest absolute Gasteiger partial charge is 0.469 e. The molecule has 1 rings (SSSR count). The Labute approximate surface area is 198 Å². The Bertz CT molecular complexity index is 886. The molecule has 0 N–H and O–H groups in total. The zero-order valence-corrected chi connectivity index (χ0v) is 20.9. The van der Waals surface area contributed by atoms with Crippen molar-refractivity contribution in [1.29, 1.82) is 0 Å². The summed E-state index contributed by atoms with van der Waals surface area (Å²) in [5.74, 6) is -5.21. The lowest BCUT2D eigenvalue weighted by Crippen LogP contribution is -2.68. The molecule has 0 aliphatic carbocycles. The monoisotopic (exact) mass is 560 g/mol. The molecule has 0 amide bonds. The van der Waals surface area contributed by atoms with E-state index < -0.39 is 86.7 Å². The molecule has 1 fully saturated rings. The zero-order valence-electron chi connectivity index (χ0n) is 18.5. The lowest BCUT2D eigenvalue weighted by molar-refractivity contribution is -0.244. The van der Waals surface area contributed by atoms with Crippen LogP contribution in [0.5, 0.6) is 0 Å². The smallest absolute Gasteiger partial charge is 0.306 e. The van der Waals surface area contributed by atoms with Crippen molar-refractivity contribution in [1.82, 2.24) is 0 Å². The molecule has 188 valence electrons. The summed E-state index contributed by atoms with van der Waals surface area (Å²) >= 11 is 2.94. The molecule has 33 heavy (non-hydrogen) atoms. The third kappa shape index (κ3) is 7.64. The maximum Gasteiger partial charge on any atom is 0.306 e. The number of halogens is 1. The number of hydrogen-bond donors (Lipinski definition) is 0. The number of ether oxygens (including phenoxy) is 6. The molecule has 0 aromatic heterocycles. The molecule has 1 aliphatic rings. The van der Waals surface area contributed by atoms with Crippen LogP contribution in [0.2, 0.25) is 0 Å². The Morgan fingerprint density at radius 3 is 1.85 bits per heavy atom. The number of methoxy groups -OCH3 is 1. The van der Waals surface area contributed by atoms with Crippen LogP contribution in [0.3, 0.4) is 0 Å². The van der Waals surface area contributed by atoms with Crippen LogP contribution in [0.4, 0.5) is 0 Å². The summed E-state index contributed by atoms with van der Waals surface area (Å²) < 4.78 is 54.4. The van der Waals surface area contributed by atoms with Crippen LogP contribution in [-0.2, 0) is 62.2 Å². The topological polar surface area (TPSA) is 175 Å². The second-order valence-electron chi connectivity index (χ2n) is 6.86. The van der Waals surface area contributed by atoms with Gasteiger partial charge in [-0.1, -0.05) is 0 Å². The Hall–Kier alpha value is -2.26. The molecule has 15 heteroatoms. The van der Waals surface area contributed by atoms with E-state index in [2.05, 4.69) is 20.7 Å². The van der Waals surface area contributed by atoms with Gasteiger partial charge < -0.3 is 28.4 Å². The molecule has 1 aliphatic heterocycles. The van der Waals surface area contributed by atoms with E-state index in [1.165, 1.54) is 0 Å². The molecule has 1 saturated heterocycles. The normalized spacial score (nSPS) is 27.1. The second-order valence-corrected chi connectivity index (χ2v) is 10.8. The highest BCUT2D eigenvalue weighted by atomic mass is 79.9. The molecule has 13 nitrogen and oxygen atoms in total. The van der Waals surface area contributed by atoms with Crippen LogP contribution < -0.4 is 0 Å². The molecule has 0 aromatic rings. The first-order valence-corrected chi connectivity index (χ1v) is 11.9. The van der Waals surface area contributed by atoms with Gasteiger partial charge in [-0.05, 0) is 15.9 Å². The van der Waals surface area contributed by atoms with E-state index in [1.807, 2.05) is 0 Å². The van der Waals surface area contributed by atoms with Gasteiger partial charge in [0.25, 0.3) is 3.84 Å². The summed E-state index contributed by atoms with van der Waals surface area (Å²) in [6, 6.07) is 0. The SMILES string of the molecule is COC(=O)CCS(=O)(=O)[C@]1(Br)O[C@H](COC(C)=O)[C@@H](OC(C)=O)[C@H](OC(C)=O)[C@H]1OC(C)=O. The van der Waals surface area contributed by atoms with Gasteiger partial charge in [-0.15, -0.1) is 0 Å². The molecule has 0 spiro atoms. The first-order valence-electron chi connectivity index (χ1n) is 9.45. The highest BCUT2D eigenvalue weighted by Gasteiger charge is 2.64. The fourth-order valence-corrected chi connectivity index (χ4v) is 5.53. The van der Waals surface area contributed by atoms with Crippen LogP contribution in [0.15, 0.2) is 0 Å². The summed E-state index contributed by atoms with van der Waals surface area (Å²) in [5.41, 5.74) is 0. The van der Waals surface area contributed by atoms with Crippen molar-refractivity contribution in [2.24, 2.45) is 0 Å². The van der Waals surface area contributed by atoms with E-state index >= 15 is 0 Å². The minimum Gasteiger partial charge on any atom is -0.469 e. The van der Waals surface area contributed by atoms with Crippen molar-refractivity contribution in [3.63, 3.8) is 0 Å². The average molecular weight is 561 g/mol. The minimum atomic E-state index is -4.53. The third-order valence-corrected chi connectivity index (χ3v) is 8.25. The molecule has 0 aromatic carbocycles. The van der Waals surface area contributed by atoms with Crippen LogP contribution in [0.25, 0.3) is 0 Å². The third-order valence-electron chi connectivity index (χ3n) is 4.22. The van der Waals surface area contributed by atoms with Gasteiger partial charge in [-0.2, -0.15) is 0 Å². The number of sulfone groups is 1. The molecule has 0 unspecified atom stereocenters. The summed E-state index contributed by atoms with van der Waals surface area (Å²) in [6.45, 7) is 3.44. The fraction of sp³-hybridized carbons (Fsp3) is 0.722. The van der Waals surface area contributed by atoms with Crippen molar-refractivity contribution >= 4 is 55.6 Å². The predicted octanol–water partition coefficient (Wildman–Crippen LogP) is -0.230. The van der Waals surface area contributed by atoms with Crippen molar-refractivity contribution in [3.05, 3.63) is 0 Å². The van der Waals surface area contributed by atoms with Crippen LogP contribution in [0.1, 0.15) is 34.1 Å². The number of esters is 5. The van der Waals surface area contributed by atoms with Crippen molar-refractivity contribution in [2.45, 2.75) is 62.4 Å². The molecule has 0 saturated carbocycles. The standard InChI is InChI=1S/C18H25BrO13S/c1-9(20)28-8-13-15(29-10(2)21)16(30-11(3)22)17(31-12(4)23)18(19,32-13)33(25,26)7-6-14(24)27-5/h13,15-17H,6-8H2,1-5H3/t13-,15-,16+,17-,18-/m1/s1. The van der Waals surface area contributed by atoms with Gasteiger partial charge >= 0.3 is 29.8 Å². The highest BCUT2D eigenvalue weighted by Crippen LogP contribution is 2.44. The molecule has 0 bridgehead atoms. The number of hydrogen-bond acceptors (Lipinski definition) is 13. The predicted molar refractivity (Wildman–Crippen MR) is 110 cm³/mol. The van der Waals surface area contributed by atoms with E-state index in [-0.39, 0.29) is 0 Å². The lowest BCUT2D eigenvalue weighted by Gasteiger charge is -2.47. The number of carbonyl (C=O) groups is 5. The molecule has 5 atom stereocenters. The lowest BCUT2D eigenvalue weighted by atomic mass is 9.99. The van der Waals surface area contributed by atoms with Crippen LogP contribution in [-0.4, -0.2) is 86.0 Å². The minimum absolute atomic E-state index is 0.581. The van der Waals surface area contributed by atoms with Gasteiger partial charge in [-0.25, -0.2) is 8.42 Å². The highest BCUT2D eigenvalue weighted by molar-refractivity contribution is 9.11. The summed E-state index contributed by atoms with van der Waals surface area (Å²) in [6.07, 6.45) is -7.18. The Balaban J connectivity index is 3.62. The fourth-order valence-electron chi connectivity index (χ4n) is 2.93. The Morgan fingerprint density at radius 1 is 0.879 bits per heavy atom. The van der Waals surface area contributed by atoms with Gasteiger partial charge in [0, 0.05) is 27.7 Å². The van der Waals surface area contributed by atoms with Crippen LogP contribution >= 0.6 is 15.9 Å². The van der Waals surface area contributed by atoms with E-state index in [9.17, 15) is 32.4 Å². The van der Waals surface area contributed by atoms with Crippen molar-refractivity contribution in [2.75, 3.05) is 19.5 Å². The van der Waals surface area contributed by atoms with E-state index in [4.69, 9.17) is 23.7 Å². The van der Waals surface area contributed by atoms with E-state index in [0.717, 1.165) is 34.8 Å². The number of rotatable bonds is 9. The van der Waals surface area contributed by atoms with Crippen molar-refractivity contribution < 1.29 is 60.8 Å². The summed E-state index contributed by atoms with van der Waals surface area (Å²) in [5, 5.41) is 0. The van der Waals surface area contributed by atoms with E-state index in [0.29, 0.717) is 0 Å². The second kappa shape index (κ2) is 11.7. The quantitative estimate of drug-likeness (QED) is 0.205. The van der Waals surface area contributed by atoms with Gasteiger partial charge in [0.15, 0.2) is 28.1 Å². The number of carbonyl (C=O) groups excluding carboxylic acids is 5. The van der Waals surface area contributed by atoms with Crippen molar-refractivity contribution in [3.8, 4) is 0 Å². The van der Waals surface area contributed by atoms with Gasteiger partial charge in [-0.3, -0.25) is 24.0 Å². The molecule has 1 heterocycles. The molecular formula is C18H25BrO13S. The average Bonchev–Trinajstić information content (AvgIpc) is 2.68. The summed E-state index contributed by atoms with van der Waals surface area (Å²) in [7, 11) is -3.47. The number of alkyl halides is 1. The maximum atomic E-state index is 13.2. The van der Waals surface area contributed by atoms with E-state index in [1.54, 1.807) is 0 Å². The summed E-state index contributed by atoms with van der Waals surface area (Å²) in [4.78, 5) is 58.2. The molecule has 0 radical (unpaired) electrons. The van der Waals surface area contributed by atoms with Gasteiger partial charge in [0.05, 0.1) is 19.3 Å².